The summed E-state index contributed by atoms with van der Waals surface area (Å²) in [5.41, 5.74) is 4.51. The molecule has 31 heavy (non-hydrogen) atoms. The molecule has 7 heteroatoms. The van der Waals surface area contributed by atoms with Crippen molar-refractivity contribution in [3.63, 3.8) is 0 Å². The number of aromatic nitrogens is 3. The van der Waals surface area contributed by atoms with Crippen molar-refractivity contribution in [2.75, 3.05) is 0 Å². The number of carbonyl (C=O) groups excluding carboxylic acids is 1. The molecule has 1 atom stereocenters. The molecule has 0 fully saturated rings. The highest BCUT2D eigenvalue weighted by molar-refractivity contribution is 5.83. The van der Waals surface area contributed by atoms with Gasteiger partial charge in [0.2, 0.25) is 0 Å². The molecule has 1 aliphatic heterocycles. The number of pyridine rings is 1. The molecule has 3 heterocycles. The van der Waals surface area contributed by atoms with Crippen LogP contribution in [0.25, 0.3) is 22.4 Å². The van der Waals surface area contributed by atoms with Gasteiger partial charge in [-0.1, -0.05) is 12.1 Å². The third kappa shape index (κ3) is 4.15. The third-order valence-electron chi connectivity index (χ3n) is 5.21. The number of hydrogen-bond donors (Lipinski definition) is 0. The van der Waals surface area contributed by atoms with Crippen molar-refractivity contribution >= 4 is 6.09 Å². The van der Waals surface area contributed by atoms with Crippen LogP contribution in [0.1, 0.15) is 39.0 Å². The number of carbonyl (C=O) groups is 1. The highest BCUT2D eigenvalue weighted by Gasteiger charge is 2.34. The molecule has 2 aromatic heterocycles. The van der Waals surface area contributed by atoms with Gasteiger partial charge in [-0.05, 0) is 57.5 Å². The van der Waals surface area contributed by atoms with E-state index in [0.29, 0.717) is 18.7 Å². The van der Waals surface area contributed by atoms with E-state index in [1.54, 1.807) is 23.4 Å². The van der Waals surface area contributed by atoms with Crippen LogP contribution < -0.4 is 0 Å². The Labute approximate surface area is 181 Å². The Morgan fingerprint density at radius 2 is 1.94 bits per heavy atom. The molecule has 4 rings (SSSR count). The summed E-state index contributed by atoms with van der Waals surface area (Å²) in [4.78, 5) is 18.8. The van der Waals surface area contributed by atoms with Gasteiger partial charge in [0.15, 0.2) is 0 Å². The van der Waals surface area contributed by atoms with E-state index in [1.165, 1.54) is 0 Å². The summed E-state index contributed by atoms with van der Waals surface area (Å²) in [5, 5.41) is 14.2. The van der Waals surface area contributed by atoms with Crippen molar-refractivity contribution in [3.05, 3.63) is 60.0 Å². The molecule has 0 N–H and O–H groups in total. The van der Waals surface area contributed by atoms with Crippen LogP contribution in [-0.2, 0) is 17.8 Å². The summed E-state index contributed by atoms with van der Waals surface area (Å²) in [6.07, 6.45) is 3.15. The average Bonchev–Trinajstić information content (AvgIpc) is 3.10. The number of fused-ring (bicyclic) bond motifs is 1. The monoisotopic (exact) mass is 415 g/mol. The summed E-state index contributed by atoms with van der Waals surface area (Å²) in [6, 6.07) is 13.4. The molecule has 1 aliphatic rings. The lowest BCUT2D eigenvalue weighted by Gasteiger charge is -2.35. The Morgan fingerprint density at radius 3 is 2.61 bits per heavy atom. The number of rotatable bonds is 2. The zero-order valence-corrected chi connectivity index (χ0v) is 18.2. The van der Waals surface area contributed by atoms with E-state index in [-0.39, 0.29) is 12.1 Å². The molecule has 0 saturated heterocycles. The van der Waals surface area contributed by atoms with Gasteiger partial charge in [0.05, 0.1) is 36.5 Å². The second-order valence-corrected chi connectivity index (χ2v) is 8.74. The molecule has 158 valence electrons. The highest BCUT2D eigenvalue weighted by Crippen LogP contribution is 2.37. The van der Waals surface area contributed by atoms with E-state index in [0.717, 1.165) is 28.1 Å². The maximum Gasteiger partial charge on any atom is 0.410 e. The van der Waals surface area contributed by atoms with Crippen LogP contribution in [0.4, 0.5) is 4.79 Å². The lowest BCUT2D eigenvalue weighted by atomic mass is 9.97. The van der Waals surface area contributed by atoms with Gasteiger partial charge >= 0.3 is 6.09 Å². The van der Waals surface area contributed by atoms with E-state index >= 15 is 0 Å². The Kier molecular flexibility index (Phi) is 5.24. The second-order valence-electron chi connectivity index (χ2n) is 8.74. The third-order valence-corrected chi connectivity index (χ3v) is 5.21. The number of benzene rings is 1. The summed E-state index contributed by atoms with van der Waals surface area (Å²) in [5.74, 6) is 0. The molecule has 0 saturated carbocycles. The van der Waals surface area contributed by atoms with Crippen LogP contribution in [0.5, 0.6) is 0 Å². The Hall–Kier alpha value is -3.66. The van der Waals surface area contributed by atoms with Gasteiger partial charge in [0, 0.05) is 23.5 Å². The molecule has 0 radical (unpaired) electrons. The van der Waals surface area contributed by atoms with Crippen molar-refractivity contribution in [1.29, 1.82) is 5.26 Å². The summed E-state index contributed by atoms with van der Waals surface area (Å²) in [7, 11) is 0. The average molecular weight is 415 g/mol. The number of ether oxygens (including phenoxy) is 1. The van der Waals surface area contributed by atoms with Crippen molar-refractivity contribution in [1.82, 2.24) is 19.7 Å². The van der Waals surface area contributed by atoms with Crippen LogP contribution in [0.15, 0.2) is 48.8 Å². The second kappa shape index (κ2) is 7.88. The predicted molar refractivity (Wildman–Crippen MR) is 117 cm³/mol. The van der Waals surface area contributed by atoms with Gasteiger partial charge in [0.25, 0.3) is 0 Å². The first kappa shape index (κ1) is 20.6. The highest BCUT2D eigenvalue weighted by atomic mass is 16.6. The molecule has 1 amide bonds. The standard InChI is InChI=1S/C24H25N5O2/c1-16-14-29-20(15-28(16)23(30)31-24(2,3)4)21(18-8-10-26-11-9-18)22(27-29)19-7-5-6-17(12-19)13-25/h5-12,16H,14-15H2,1-4H3/t16-/m1/s1. The minimum atomic E-state index is -0.564. The lowest BCUT2D eigenvalue weighted by molar-refractivity contribution is 0.00914. The minimum absolute atomic E-state index is 0.0640. The van der Waals surface area contributed by atoms with Gasteiger partial charge < -0.3 is 4.74 Å². The van der Waals surface area contributed by atoms with Crippen molar-refractivity contribution in [3.8, 4) is 28.5 Å². The number of hydrogen-bond acceptors (Lipinski definition) is 5. The number of nitrogens with zero attached hydrogens (tertiary/aromatic N) is 5. The fourth-order valence-electron chi connectivity index (χ4n) is 3.80. The first-order valence-electron chi connectivity index (χ1n) is 10.3. The van der Waals surface area contributed by atoms with Crippen LogP contribution in [0.3, 0.4) is 0 Å². The van der Waals surface area contributed by atoms with E-state index in [1.807, 2.05) is 62.7 Å². The molecule has 0 spiro atoms. The van der Waals surface area contributed by atoms with Crippen molar-refractivity contribution in [2.45, 2.75) is 52.4 Å². The molecular formula is C24H25N5O2. The van der Waals surface area contributed by atoms with E-state index in [2.05, 4.69) is 11.1 Å². The van der Waals surface area contributed by atoms with Crippen LogP contribution >= 0.6 is 0 Å². The summed E-state index contributed by atoms with van der Waals surface area (Å²) < 4.78 is 7.61. The maximum absolute atomic E-state index is 12.9. The fourth-order valence-corrected chi connectivity index (χ4v) is 3.80. The van der Waals surface area contributed by atoms with Gasteiger partial charge in [-0.25, -0.2) is 4.79 Å². The molecule has 3 aromatic rings. The van der Waals surface area contributed by atoms with Gasteiger partial charge in [0.1, 0.15) is 11.3 Å². The first-order chi connectivity index (χ1) is 14.8. The van der Waals surface area contributed by atoms with Gasteiger partial charge in [-0.3, -0.25) is 14.6 Å². The predicted octanol–water partition coefficient (Wildman–Crippen LogP) is 4.62. The zero-order chi connectivity index (χ0) is 22.2. The first-order valence-corrected chi connectivity index (χ1v) is 10.3. The maximum atomic E-state index is 12.9. The largest absolute Gasteiger partial charge is 0.444 e. The zero-order valence-electron chi connectivity index (χ0n) is 18.2. The smallest absolute Gasteiger partial charge is 0.410 e. The fraction of sp³-hybridized carbons (Fsp3) is 0.333. The van der Waals surface area contributed by atoms with Gasteiger partial charge in [-0.2, -0.15) is 10.4 Å². The lowest BCUT2D eigenvalue weighted by Crippen LogP contribution is -2.47. The molecule has 7 nitrogen and oxygen atoms in total. The summed E-state index contributed by atoms with van der Waals surface area (Å²) >= 11 is 0. The van der Waals surface area contributed by atoms with Gasteiger partial charge in [-0.15, -0.1) is 0 Å². The quantitative estimate of drug-likeness (QED) is 0.610. The van der Waals surface area contributed by atoms with E-state index in [4.69, 9.17) is 9.84 Å². The Bertz CT molecular complexity index is 1150. The number of amides is 1. The molecule has 1 aromatic carbocycles. The van der Waals surface area contributed by atoms with Crippen LogP contribution in [-0.4, -0.2) is 37.4 Å². The topological polar surface area (TPSA) is 84.0 Å². The molecular weight excluding hydrogens is 390 g/mol. The molecule has 0 bridgehead atoms. The number of nitriles is 1. The normalized spacial score (nSPS) is 15.8. The molecule has 0 aliphatic carbocycles. The van der Waals surface area contributed by atoms with E-state index < -0.39 is 5.60 Å². The Balaban J connectivity index is 1.83. The molecule has 0 unspecified atom stereocenters. The minimum Gasteiger partial charge on any atom is -0.444 e. The van der Waals surface area contributed by atoms with Crippen molar-refractivity contribution in [2.24, 2.45) is 0 Å². The summed E-state index contributed by atoms with van der Waals surface area (Å²) in [6.45, 7) is 8.55. The van der Waals surface area contributed by atoms with Crippen LogP contribution in [0.2, 0.25) is 0 Å². The van der Waals surface area contributed by atoms with E-state index in [9.17, 15) is 10.1 Å². The SMILES string of the molecule is C[C@@H]1Cn2nc(-c3cccc(C#N)c3)c(-c3ccncc3)c2CN1C(=O)OC(C)(C)C. The Morgan fingerprint density at radius 1 is 1.19 bits per heavy atom. The van der Waals surface area contributed by atoms with Crippen LogP contribution in [0, 0.1) is 11.3 Å². The van der Waals surface area contributed by atoms with Crippen molar-refractivity contribution < 1.29 is 9.53 Å².